The number of hydrogen-bond acceptors (Lipinski definition) is 6. The topological polar surface area (TPSA) is 123 Å². The lowest BCUT2D eigenvalue weighted by Crippen LogP contribution is -2.58. The summed E-state index contributed by atoms with van der Waals surface area (Å²) in [6.07, 6.45) is -1.17. The highest BCUT2D eigenvalue weighted by Gasteiger charge is 2.32. The molecule has 3 N–H and O–H groups in total. The minimum Gasteiger partial charge on any atom is -0.465 e. The van der Waals surface area contributed by atoms with Crippen LogP contribution in [0.1, 0.15) is 52.7 Å². The minimum atomic E-state index is -1.09. The van der Waals surface area contributed by atoms with E-state index in [1.54, 1.807) is 27.7 Å². The third-order valence-corrected chi connectivity index (χ3v) is 5.72. The maximum absolute atomic E-state index is 13.4. The average molecular weight is 540 g/mol. The molecule has 9 nitrogen and oxygen atoms in total. The Morgan fingerprint density at radius 1 is 0.769 bits per heavy atom. The molecule has 0 aromatic heterocycles. The summed E-state index contributed by atoms with van der Waals surface area (Å²) in [6, 6.07) is 17.5. The highest BCUT2D eigenvalue weighted by atomic mass is 16.6. The molecular weight excluding hydrogens is 498 g/mol. The van der Waals surface area contributed by atoms with Crippen molar-refractivity contribution < 1.29 is 28.7 Å². The molecule has 0 saturated heterocycles. The molecule has 9 heteroatoms. The van der Waals surface area contributed by atoms with Crippen molar-refractivity contribution >= 4 is 23.9 Å². The predicted molar refractivity (Wildman–Crippen MR) is 148 cm³/mol. The Bertz CT molecular complexity index is 1080. The van der Waals surface area contributed by atoms with Crippen LogP contribution in [0.15, 0.2) is 60.7 Å². The lowest BCUT2D eigenvalue weighted by atomic mass is 9.97. The number of nitrogens with one attached hydrogen (secondary N) is 3. The molecule has 0 radical (unpaired) electrons. The standard InChI is InChI=1S/C30H41N3O6/c1-7-38-28(36)23(18-21-14-10-8-11-15-21)26(34)32-25(20(2)3)33-27(35)24(19-22-16-12-9-13-17-22)31-29(37)39-30(4,5)6/h8-17,20,23-25H,7,18-19H2,1-6H3,(H,31,37)(H,32,34)(H,33,35)/t23?,24-,25-/m0/s1. The van der Waals surface area contributed by atoms with Gasteiger partial charge in [-0.25, -0.2) is 4.79 Å². The van der Waals surface area contributed by atoms with Gasteiger partial charge in [0.1, 0.15) is 23.7 Å². The maximum atomic E-state index is 13.4. The molecule has 2 rings (SSSR count). The SMILES string of the molecule is CCOC(=O)C(Cc1ccccc1)C(=O)N[C@@H](NC(=O)[C@H](Cc1ccccc1)NC(=O)OC(C)(C)C)C(C)C. The number of hydrogen-bond donors (Lipinski definition) is 3. The van der Waals surface area contributed by atoms with Gasteiger partial charge in [0, 0.05) is 6.42 Å². The van der Waals surface area contributed by atoms with E-state index in [4.69, 9.17) is 9.47 Å². The van der Waals surface area contributed by atoms with Gasteiger partial charge in [-0.15, -0.1) is 0 Å². The second-order valence-electron chi connectivity index (χ2n) is 10.6. The van der Waals surface area contributed by atoms with E-state index in [2.05, 4.69) is 16.0 Å². The first-order valence-electron chi connectivity index (χ1n) is 13.2. The highest BCUT2D eigenvalue weighted by Crippen LogP contribution is 2.13. The lowest BCUT2D eigenvalue weighted by molar-refractivity contribution is -0.152. The van der Waals surface area contributed by atoms with Crippen LogP contribution in [0.25, 0.3) is 0 Å². The fourth-order valence-electron chi connectivity index (χ4n) is 3.76. The van der Waals surface area contributed by atoms with Gasteiger partial charge in [-0.2, -0.15) is 0 Å². The molecule has 3 atom stereocenters. The molecule has 0 aliphatic heterocycles. The van der Waals surface area contributed by atoms with E-state index in [9.17, 15) is 19.2 Å². The predicted octanol–water partition coefficient (Wildman–Crippen LogP) is 3.76. The largest absolute Gasteiger partial charge is 0.465 e. The number of alkyl carbamates (subject to hydrolysis) is 1. The monoisotopic (exact) mass is 539 g/mol. The normalized spacial score (nSPS) is 13.5. The van der Waals surface area contributed by atoms with Crippen molar-refractivity contribution in [2.45, 2.75) is 72.2 Å². The van der Waals surface area contributed by atoms with Gasteiger partial charge < -0.3 is 25.4 Å². The van der Waals surface area contributed by atoms with Gasteiger partial charge >= 0.3 is 12.1 Å². The summed E-state index contributed by atoms with van der Waals surface area (Å²) in [6.45, 7) is 10.7. The third-order valence-electron chi connectivity index (χ3n) is 5.72. The van der Waals surface area contributed by atoms with Crippen molar-refractivity contribution in [1.29, 1.82) is 0 Å². The van der Waals surface area contributed by atoms with Crippen LogP contribution in [0.4, 0.5) is 4.79 Å². The van der Waals surface area contributed by atoms with Crippen LogP contribution < -0.4 is 16.0 Å². The van der Waals surface area contributed by atoms with Gasteiger partial charge in [-0.3, -0.25) is 14.4 Å². The molecule has 0 aliphatic carbocycles. The van der Waals surface area contributed by atoms with Gasteiger partial charge in [-0.05, 0) is 51.2 Å². The zero-order valence-corrected chi connectivity index (χ0v) is 23.7. The van der Waals surface area contributed by atoms with E-state index < -0.39 is 47.6 Å². The van der Waals surface area contributed by atoms with Crippen molar-refractivity contribution in [3.05, 3.63) is 71.8 Å². The molecule has 0 fully saturated rings. The molecule has 0 spiro atoms. The van der Waals surface area contributed by atoms with E-state index in [0.29, 0.717) is 0 Å². The molecule has 39 heavy (non-hydrogen) atoms. The Balaban J connectivity index is 2.21. The Kier molecular flexibility index (Phi) is 12.0. The van der Waals surface area contributed by atoms with E-state index in [-0.39, 0.29) is 25.4 Å². The maximum Gasteiger partial charge on any atom is 0.408 e. The summed E-state index contributed by atoms with van der Waals surface area (Å²) >= 11 is 0. The number of ether oxygens (including phenoxy) is 2. The van der Waals surface area contributed by atoms with Gasteiger partial charge in [0.15, 0.2) is 0 Å². The number of benzene rings is 2. The fraction of sp³-hybridized carbons (Fsp3) is 0.467. The summed E-state index contributed by atoms with van der Waals surface area (Å²) in [4.78, 5) is 51.9. The van der Waals surface area contributed by atoms with Crippen molar-refractivity contribution in [3.63, 3.8) is 0 Å². The summed E-state index contributed by atoms with van der Waals surface area (Å²) < 4.78 is 10.5. The molecule has 212 valence electrons. The van der Waals surface area contributed by atoms with Gasteiger partial charge in [0.2, 0.25) is 11.8 Å². The Hall–Kier alpha value is -3.88. The summed E-state index contributed by atoms with van der Waals surface area (Å²) in [5, 5.41) is 8.28. The zero-order valence-electron chi connectivity index (χ0n) is 23.7. The molecule has 0 aliphatic rings. The van der Waals surface area contributed by atoms with Crippen molar-refractivity contribution in [2.24, 2.45) is 11.8 Å². The first-order chi connectivity index (χ1) is 18.4. The Labute approximate surface area is 231 Å². The van der Waals surface area contributed by atoms with Crippen molar-refractivity contribution in [3.8, 4) is 0 Å². The molecule has 0 saturated carbocycles. The third kappa shape index (κ3) is 11.2. The number of carbonyl (C=O) groups excluding carboxylic acids is 4. The van der Waals surface area contributed by atoms with Crippen LogP contribution in [-0.2, 0) is 36.7 Å². The van der Waals surface area contributed by atoms with Crippen LogP contribution in [-0.4, -0.2) is 48.3 Å². The molecule has 0 heterocycles. The van der Waals surface area contributed by atoms with Gasteiger partial charge in [-0.1, -0.05) is 74.5 Å². The smallest absolute Gasteiger partial charge is 0.408 e. The molecule has 0 bridgehead atoms. The van der Waals surface area contributed by atoms with Crippen LogP contribution in [0.5, 0.6) is 0 Å². The van der Waals surface area contributed by atoms with E-state index in [1.165, 1.54) is 0 Å². The number of carbonyl (C=O) groups is 4. The summed E-state index contributed by atoms with van der Waals surface area (Å²) in [5.41, 5.74) is 0.900. The highest BCUT2D eigenvalue weighted by molar-refractivity contribution is 5.98. The Morgan fingerprint density at radius 3 is 1.77 bits per heavy atom. The van der Waals surface area contributed by atoms with E-state index in [1.807, 2.05) is 74.5 Å². The first-order valence-corrected chi connectivity index (χ1v) is 13.2. The summed E-state index contributed by atoms with van der Waals surface area (Å²) in [7, 11) is 0. The van der Waals surface area contributed by atoms with Gasteiger partial charge in [0.05, 0.1) is 6.61 Å². The van der Waals surface area contributed by atoms with Crippen LogP contribution in [0.2, 0.25) is 0 Å². The Morgan fingerprint density at radius 2 is 1.28 bits per heavy atom. The minimum absolute atomic E-state index is 0.138. The molecular formula is C30H41N3O6. The van der Waals surface area contributed by atoms with E-state index >= 15 is 0 Å². The summed E-state index contributed by atoms with van der Waals surface area (Å²) in [5.74, 6) is -3.02. The number of amides is 3. The lowest BCUT2D eigenvalue weighted by Gasteiger charge is -2.28. The van der Waals surface area contributed by atoms with Crippen LogP contribution in [0.3, 0.4) is 0 Å². The van der Waals surface area contributed by atoms with Gasteiger partial charge in [0.25, 0.3) is 0 Å². The second kappa shape index (κ2) is 14.9. The number of esters is 1. The zero-order chi connectivity index (χ0) is 29.0. The molecule has 1 unspecified atom stereocenters. The van der Waals surface area contributed by atoms with Crippen LogP contribution in [0, 0.1) is 11.8 Å². The molecule has 3 amide bonds. The number of rotatable bonds is 12. The quantitative estimate of drug-likeness (QED) is 0.214. The molecule has 2 aromatic carbocycles. The van der Waals surface area contributed by atoms with Crippen molar-refractivity contribution in [1.82, 2.24) is 16.0 Å². The van der Waals surface area contributed by atoms with Crippen molar-refractivity contribution in [2.75, 3.05) is 6.61 Å². The molecule has 2 aromatic rings. The van der Waals surface area contributed by atoms with Crippen LogP contribution >= 0.6 is 0 Å². The first kappa shape index (κ1) is 31.3. The fourth-order valence-corrected chi connectivity index (χ4v) is 3.76. The average Bonchev–Trinajstić information content (AvgIpc) is 2.86. The second-order valence-corrected chi connectivity index (χ2v) is 10.6. The van der Waals surface area contributed by atoms with E-state index in [0.717, 1.165) is 11.1 Å².